The van der Waals surface area contributed by atoms with Crippen LogP contribution in [0.25, 0.3) is 10.8 Å². The summed E-state index contributed by atoms with van der Waals surface area (Å²) in [6, 6.07) is 0. The monoisotopic (exact) mass is 1180 g/mol. The molecule has 2 aromatic carbocycles. The first-order chi connectivity index (χ1) is 33.3. The van der Waals surface area contributed by atoms with Gasteiger partial charge in [0.05, 0.1) is 47.7 Å². The minimum Gasteiger partial charge on any atom is -0.507 e. The van der Waals surface area contributed by atoms with Crippen molar-refractivity contribution in [1.82, 2.24) is 4.90 Å². The Morgan fingerprint density at radius 2 is 1.60 bits per heavy atom. The summed E-state index contributed by atoms with van der Waals surface area (Å²) in [5, 5.41) is 38.4. The number of esters is 1. The van der Waals surface area contributed by atoms with Crippen molar-refractivity contribution in [1.29, 1.82) is 0 Å². The second-order valence-corrected chi connectivity index (χ2v) is 21.9. The van der Waals surface area contributed by atoms with Crippen LogP contribution in [0.1, 0.15) is 113 Å². The standard InChI is InChI=1S/C55H77N4O12.Ir/c1-15-36(25-31(6)51(63)64)52(65)68-47-32(7)38(66-14)19-24-67-54(13)26-37-39-40(44(60)33(8)49(37)71-54)45(61)43(42-41(39)57-55(58-42)20-22-59(23-21-55)27-28(2)3)56-50(62)30(5)18-16-17-29(4)46-34(9)48(35(47)10)70-53(11,12)69-46;/h15-19,24,28-29,31-32,34-36,38,46-48,60-61H,20-23,25-27H2,1-14H3,(H,56,62)(H,63,64);/q-1;/b17-16+,24-19+,30-18-;/t29-,31?,32+,34+,35-,36?,38-,46-,47+,48+,54-;/m0./s1. The van der Waals surface area contributed by atoms with Crippen LogP contribution in [-0.2, 0) is 64.6 Å². The fourth-order valence-electron chi connectivity index (χ4n) is 11.3. The third-order valence-corrected chi connectivity index (χ3v) is 15.3. The van der Waals surface area contributed by atoms with Crippen LogP contribution in [0, 0.1) is 54.8 Å². The topological polar surface area (TPSA) is 207 Å². The van der Waals surface area contributed by atoms with Gasteiger partial charge < -0.3 is 60.4 Å². The molecule has 72 heavy (non-hydrogen) atoms. The van der Waals surface area contributed by atoms with Gasteiger partial charge >= 0.3 is 5.97 Å². The molecule has 6 aliphatic heterocycles. The SMILES string of the molecule is C[CH-]C(CC(C)C(=O)O)C(=O)O[C@H]1[C@H](C)[C@@H]2OC(C)(C)O[C@H]([C@H]2C)[C@@H](C)/C=C/C=C(/C)C(=O)Nc2c(O)c3c(O)c(C)c4c(c3c3c2=NC2(CCN(CC(C)C)CC2)N=3)C[C@@](C)(O/C=C/[C@H](OC)[C@H]1C)O4.[Ir]. The number of ether oxygens (including phenoxy) is 6. The number of phenols is 2. The zero-order chi connectivity index (χ0) is 52.1. The number of aliphatic carboxylic acids is 1. The molecule has 11 atom stereocenters. The maximum Gasteiger partial charge on any atom is 0.306 e. The van der Waals surface area contributed by atoms with Gasteiger partial charge in [0.25, 0.3) is 17.7 Å². The molecule has 399 valence electrons. The number of allylic oxidation sites excluding steroid dienone is 2. The summed E-state index contributed by atoms with van der Waals surface area (Å²) in [7, 11) is 1.57. The normalized spacial score (nSPS) is 31.7. The van der Waals surface area contributed by atoms with Crippen LogP contribution in [0.5, 0.6) is 17.2 Å². The molecular formula is C55H77IrN4O12-. The number of aromatic hydroxyl groups is 2. The molecule has 6 heterocycles. The summed E-state index contributed by atoms with van der Waals surface area (Å²) in [5.74, 6) is -6.95. The van der Waals surface area contributed by atoms with Crippen LogP contribution in [-0.4, -0.2) is 106 Å². The van der Waals surface area contributed by atoms with E-state index in [1.807, 2.05) is 53.7 Å². The number of anilines is 1. The number of amides is 1. The average Bonchev–Trinajstić information content (AvgIpc) is 3.86. The molecule has 2 unspecified atom stereocenters. The van der Waals surface area contributed by atoms with Crippen molar-refractivity contribution in [3.05, 3.63) is 64.4 Å². The second-order valence-electron chi connectivity index (χ2n) is 21.9. The number of hydrogen-bond acceptors (Lipinski definition) is 14. The first-order valence-corrected chi connectivity index (χ1v) is 25.4. The molecular weight excluding hydrogens is 1100 g/mol. The van der Waals surface area contributed by atoms with Gasteiger partial charge in [0, 0.05) is 112 Å². The van der Waals surface area contributed by atoms with E-state index in [0.717, 1.165) is 19.6 Å². The summed E-state index contributed by atoms with van der Waals surface area (Å²) >= 11 is 0. The van der Waals surface area contributed by atoms with Gasteiger partial charge in [-0.05, 0) is 39.7 Å². The Balaban J connectivity index is 0.00000847. The van der Waals surface area contributed by atoms with E-state index in [2.05, 4.69) is 24.1 Å². The molecule has 6 aliphatic rings. The smallest absolute Gasteiger partial charge is 0.306 e. The van der Waals surface area contributed by atoms with E-state index in [1.165, 1.54) is 6.26 Å². The largest absolute Gasteiger partial charge is 0.507 e. The minimum absolute atomic E-state index is 0. The Bertz CT molecular complexity index is 2610. The number of nitrogens with one attached hydrogen (secondary N) is 1. The van der Waals surface area contributed by atoms with Gasteiger partial charge in [0.1, 0.15) is 28.6 Å². The van der Waals surface area contributed by atoms with Crippen LogP contribution in [0.4, 0.5) is 5.69 Å². The Hall–Kier alpha value is -4.38. The van der Waals surface area contributed by atoms with Crippen LogP contribution in [0.3, 0.4) is 0 Å². The van der Waals surface area contributed by atoms with Gasteiger partial charge in [-0.1, -0.05) is 79.0 Å². The third-order valence-electron chi connectivity index (χ3n) is 15.3. The number of piperidine rings is 1. The number of benzene rings is 2. The average molecular weight is 1180 g/mol. The van der Waals surface area contributed by atoms with Crippen LogP contribution >= 0.6 is 0 Å². The van der Waals surface area contributed by atoms with E-state index < -0.39 is 77.1 Å². The number of rotatable bonds is 9. The number of phenolic OH excluding ortho intramolecular Hbond substituents is 2. The van der Waals surface area contributed by atoms with Gasteiger partial charge in [-0.15, -0.1) is 0 Å². The fraction of sp³-hybridized carbons (Fsp3) is 0.636. The van der Waals surface area contributed by atoms with E-state index in [4.69, 9.17) is 38.4 Å². The predicted molar refractivity (Wildman–Crippen MR) is 268 cm³/mol. The molecule has 1 amide bonds. The van der Waals surface area contributed by atoms with Gasteiger partial charge in [-0.25, -0.2) is 0 Å². The zero-order valence-electron chi connectivity index (χ0n) is 44.5. The quantitative estimate of drug-likeness (QED) is 0.107. The molecule has 4 N–H and O–H groups in total. The number of likely N-dealkylation sites (tertiary alicyclic amines) is 1. The van der Waals surface area contributed by atoms with E-state index in [1.54, 1.807) is 60.3 Å². The summed E-state index contributed by atoms with van der Waals surface area (Å²) in [4.78, 5) is 53.3. The van der Waals surface area contributed by atoms with Crippen molar-refractivity contribution >= 4 is 34.3 Å². The van der Waals surface area contributed by atoms with E-state index in [-0.39, 0.29) is 73.5 Å². The van der Waals surface area contributed by atoms with Crippen LogP contribution in [0.15, 0.2) is 46.1 Å². The molecule has 16 nitrogen and oxygen atoms in total. The molecule has 1 spiro atoms. The van der Waals surface area contributed by atoms with Crippen molar-refractivity contribution in [3.63, 3.8) is 0 Å². The van der Waals surface area contributed by atoms with Crippen molar-refractivity contribution in [2.75, 3.05) is 32.1 Å². The number of carbonyl (C=O) groups is 3. The summed E-state index contributed by atoms with van der Waals surface area (Å²) in [6.07, 6.45) is 9.61. The zero-order valence-corrected chi connectivity index (χ0v) is 46.9. The van der Waals surface area contributed by atoms with Crippen molar-refractivity contribution < 1.29 is 78.2 Å². The van der Waals surface area contributed by atoms with Crippen LogP contribution < -0.4 is 20.8 Å². The van der Waals surface area contributed by atoms with Crippen molar-refractivity contribution in [2.24, 2.45) is 51.4 Å². The van der Waals surface area contributed by atoms with Gasteiger partial charge in [0.2, 0.25) is 0 Å². The number of carbonyl (C=O) groups excluding carboxylic acids is 2. The summed E-state index contributed by atoms with van der Waals surface area (Å²) < 4.78 is 39.1. The van der Waals surface area contributed by atoms with Crippen LogP contribution in [0.2, 0.25) is 0 Å². The Morgan fingerprint density at radius 3 is 2.22 bits per heavy atom. The number of fused-ring (bicyclic) bond motifs is 9. The summed E-state index contributed by atoms with van der Waals surface area (Å²) in [5.41, 5.74) is 0.618. The number of hydrogen-bond donors (Lipinski definition) is 4. The van der Waals surface area contributed by atoms with E-state index in [9.17, 15) is 29.7 Å². The molecule has 0 aromatic heterocycles. The predicted octanol–water partition coefficient (Wildman–Crippen LogP) is 7.84. The maximum absolute atomic E-state index is 14.2. The molecule has 1 radical (unpaired) electrons. The van der Waals surface area contributed by atoms with Gasteiger partial charge in [-0.2, -0.15) is 6.92 Å². The first kappa shape index (κ1) is 56.9. The minimum atomic E-state index is -1.31. The molecule has 7 bridgehead atoms. The molecule has 17 heteroatoms. The number of methoxy groups -OCH3 is 1. The molecule has 0 saturated carbocycles. The Kier molecular flexibility index (Phi) is 17.6. The third kappa shape index (κ3) is 11.5. The number of carboxylic acids is 1. The molecule has 8 rings (SSSR count). The second kappa shape index (κ2) is 22.2. The van der Waals surface area contributed by atoms with Gasteiger partial charge in [0.15, 0.2) is 17.2 Å². The Labute approximate surface area is 438 Å². The van der Waals surface area contributed by atoms with Crippen molar-refractivity contribution in [3.8, 4) is 17.2 Å². The number of carboxylic acid groups (broad SMARTS) is 1. The van der Waals surface area contributed by atoms with Crippen molar-refractivity contribution in [2.45, 2.75) is 157 Å². The molecule has 2 fully saturated rings. The molecule has 2 saturated heterocycles. The Morgan fingerprint density at radius 1 is 0.944 bits per heavy atom. The molecule has 0 aliphatic carbocycles. The van der Waals surface area contributed by atoms with E-state index >= 15 is 0 Å². The van der Waals surface area contributed by atoms with Gasteiger partial charge in [-0.3, -0.25) is 24.4 Å². The number of nitrogens with zero attached hydrogens (tertiary/aromatic N) is 3. The van der Waals surface area contributed by atoms with E-state index in [0.29, 0.717) is 57.3 Å². The maximum atomic E-state index is 14.2. The first-order valence-electron chi connectivity index (χ1n) is 25.4. The summed E-state index contributed by atoms with van der Waals surface area (Å²) in [6.45, 7) is 27.1. The fourth-order valence-corrected chi connectivity index (χ4v) is 11.3. The molecule has 2 aromatic rings.